The van der Waals surface area contributed by atoms with E-state index in [2.05, 4.69) is 5.32 Å². The summed E-state index contributed by atoms with van der Waals surface area (Å²) in [6, 6.07) is 9.77. The quantitative estimate of drug-likeness (QED) is 0.619. The SMILES string of the molecule is CCCOc1ccc(NC(=O)Cc2ccc(F)cc2)c([N+](=O)[O-])c1. The lowest BCUT2D eigenvalue weighted by atomic mass is 10.1. The van der Waals surface area contributed by atoms with E-state index in [0.29, 0.717) is 17.9 Å². The van der Waals surface area contributed by atoms with Gasteiger partial charge in [-0.1, -0.05) is 19.1 Å². The first-order chi connectivity index (χ1) is 11.5. The van der Waals surface area contributed by atoms with E-state index in [0.717, 1.165) is 6.42 Å². The number of hydrogen-bond donors (Lipinski definition) is 1. The molecule has 0 saturated carbocycles. The van der Waals surface area contributed by atoms with Crippen LogP contribution in [0.4, 0.5) is 15.8 Å². The summed E-state index contributed by atoms with van der Waals surface area (Å²) in [7, 11) is 0. The molecule has 0 aliphatic carbocycles. The smallest absolute Gasteiger partial charge is 0.296 e. The Kier molecular flexibility index (Phi) is 5.83. The highest BCUT2D eigenvalue weighted by molar-refractivity contribution is 5.94. The minimum absolute atomic E-state index is 0.00841. The summed E-state index contributed by atoms with van der Waals surface area (Å²) in [6.45, 7) is 2.38. The monoisotopic (exact) mass is 332 g/mol. The molecule has 0 heterocycles. The zero-order chi connectivity index (χ0) is 17.5. The van der Waals surface area contributed by atoms with Gasteiger partial charge in [-0.25, -0.2) is 4.39 Å². The fourth-order valence-corrected chi connectivity index (χ4v) is 2.06. The van der Waals surface area contributed by atoms with Crippen molar-refractivity contribution in [3.8, 4) is 5.75 Å². The standard InChI is InChI=1S/C17H17FN2O4/c1-2-9-24-14-7-8-15(16(11-14)20(22)23)19-17(21)10-12-3-5-13(18)6-4-12/h3-8,11H,2,9-10H2,1H3,(H,19,21). The van der Waals surface area contributed by atoms with E-state index in [4.69, 9.17) is 4.74 Å². The zero-order valence-electron chi connectivity index (χ0n) is 13.1. The Hall–Kier alpha value is -2.96. The van der Waals surface area contributed by atoms with E-state index in [1.165, 1.54) is 36.4 Å². The molecule has 0 bridgehead atoms. The van der Waals surface area contributed by atoms with Crippen LogP contribution in [-0.4, -0.2) is 17.4 Å². The van der Waals surface area contributed by atoms with E-state index in [9.17, 15) is 19.3 Å². The van der Waals surface area contributed by atoms with Crippen molar-refractivity contribution in [2.24, 2.45) is 0 Å². The maximum absolute atomic E-state index is 12.9. The molecule has 0 atom stereocenters. The number of halogens is 1. The van der Waals surface area contributed by atoms with Crippen LogP contribution in [0.25, 0.3) is 0 Å². The molecule has 0 unspecified atom stereocenters. The van der Waals surface area contributed by atoms with Crippen molar-refractivity contribution in [2.45, 2.75) is 19.8 Å². The third-order valence-electron chi connectivity index (χ3n) is 3.19. The van der Waals surface area contributed by atoms with Gasteiger partial charge in [0.15, 0.2) is 0 Å². The summed E-state index contributed by atoms with van der Waals surface area (Å²) in [5, 5.41) is 13.7. The number of benzene rings is 2. The van der Waals surface area contributed by atoms with Gasteiger partial charge in [-0.15, -0.1) is 0 Å². The molecule has 2 rings (SSSR count). The third-order valence-corrected chi connectivity index (χ3v) is 3.19. The Bertz CT molecular complexity index is 732. The van der Waals surface area contributed by atoms with Crippen LogP contribution in [0.15, 0.2) is 42.5 Å². The summed E-state index contributed by atoms with van der Waals surface area (Å²) in [5.41, 5.74) is 0.464. The van der Waals surface area contributed by atoms with E-state index >= 15 is 0 Å². The first-order valence-electron chi connectivity index (χ1n) is 7.45. The van der Waals surface area contributed by atoms with Crippen LogP contribution in [0, 0.1) is 15.9 Å². The summed E-state index contributed by atoms with van der Waals surface area (Å²) < 4.78 is 18.2. The molecule has 0 aromatic heterocycles. The Morgan fingerprint density at radius 1 is 1.25 bits per heavy atom. The second kappa shape index (κ2) is 8.05. The van der Waals surface area contributed by atoms with Crippen molar-refractivity contribution in [2.75, 3.05) is 11.9 Å². The lowest BCUT2D eigenvalue weighted by Crippen LogP contribution is -2.15. The van der Waals surface area contributed by atoms with Gasteiger partial charge in [-0.2, -0.15) is 0 Å². The van der Waals surface area contributed by atoms with Gasteiger partial charge in [0.2, 0.25) is 5.91 Å². The zero-order valence-corrected chi connectivity index (χ0v) is 13.1. The summed E-state index contributed by atoms with van der Waals surface area (Å²) in [6.07, 6.45) is 0.773. The average Bonchev–Trinajstić information content (AvgIpc) is 2.55. The highest BCUT2D eigenvalue weighted by Crippen LogP contribution is 2.29. The molecule has 0 fully saturated rings. The summed E-state index contributed by atoms with van der Waals surface area (Å²) in [4.78, 5) is 22.6. The van der Waals surface area contributed by atoms with Crippen LogP contribution in [0.5, 0.6) is 5.75 Å². The molecule has 2 aromatic carbocycles. The van der Waals surface area contributed by atoms with Crippen molar-refractivity contribution >= 4 is 17.3 Å². The molecule has 7 heteroatoms. The van der Waals surface area contributed by atoms with Crippen LogP contribution in [0.3, 0.4) is 0 Å². The minimum atomic E-state index is -0.577. The number of nitrogens with zero attached hydrogens (tertiary/aromatic N) is 1. The molecule has 0 radical (unpaired) electrons. The van der Waals surface area contributed by atoms with Crippen LogP contribution in [0.1, 0.15) is 18.9 Å². The average molecular weight is 332 g/mol. The minimum Gasteiger partial charge on any atom is -0.493 e. The highest BCUT2D eigenvalue weighted by Gasteiger charge is 2.17. The molecule has 0 spiro atoms. The summed E-state index contributed by atoms with van der Waals surface area (Å²) >= 11 is 0. The number of nitro benzene ring substituents is 1. The molecule has 126 valence electrons. The number of carbonyl (C=O) groups excluding carboxylic acids is 1. The Morgan fingerprint density at radius 3 is 2.58 bits per heavy atom. The number of nitrogens with one attached hydrogen (secondary N) is 1. The molecular formula is C17H17FN2O4. The number of carbonyl (C=O) groups is 1. The van der Waals surface area contributed by atoms with Crippen LogP contribution in [-0.2, 0) is 11.2 Å². The lowest BCUT2D eigenvalue weighted by Gasteiger charge is -2.09. The number of anilines is 1. The first-order valence-corrected chi connectivity index (χ1v) is 7.45. The summed E-state index contributed by atoms with van der Waals surface area (Å²) in [5.74, 6) is -0.440. The van der Waals surface area contributed by atoms with Gasteiger partial charge in [0.05, 0.1) is 24.0 Å². The molecule has 0 aliphatic heterocycles. The second-order valence-electron chi connectivity index (χ2n) is 5.14. The maximum Gasteiger partial charge on any atom is 0.296 e. The van der Waals surface area contributed by atoms with Crippen molar-refractivity contribution in [3.63, 3.8) is 0 Å². The van der Waals surface area contributed by atoms with Gasteiger partial charge < -0.3 is 10.1 Å². The van der Waals surface area contributed by atoms with Crippen molar-refractivity contribution in [1.29, 1.82) is 0 Å². The maximum atomic E-state index is 12.9. The van der Waals surface area contributed by atoms with Crippen molar-refractivity contribution < 1.29 is 18.8 Å². The van der Waals surface area contributed by atoms with Gasteiger partial charge in [0.1, 0.15) is 17.3 Å². The van der Waals surface area contributed by atoms with Gasteiger partial charge in [-0.05, 0) is 36.2 Å². The molecule has 1 amide bonds. The van der Waals surface area contributed by atoms with Crippen molar-refractivity contribution in [3.05, 3.63) is 64.0 Å². The van der Waals surface area contributed by atoms with Crippen LogP contribution in [0.2, 0.25) is 0 Å². The van der Waals surface area contributed by atoms with Gasteiger partial charge in [0.25, 0.3) is 5.69 Å². The Balaban J connectivity index is 2.11. The molecule has 1 N–H and O–H groups in total. The van der Waals surface area contributed by atoms with E-state index in [1.54, 1.807) is 6.07 Å². The Morgan fingerprint density at radius 2 is 1.96 bits per heavy atom. The van der Waals surface area contributed by atoms with Gasteiger partial charge >= 0.3 is 0 Å². The fraction of sp³-hybridized carbons (Fsp3) is 0.235. The third kappa shape index (κ3) is 4.77. The topological polar surface area (TPSA) is 81.5 Å². The predicted molar refractivity (Wildman–Crippen MR) is 87.6 cm³/mol. The normalized spacial score (nSPS) is 10.2. The van der Waals surface area contributed by atoms with Gasteiger partial charge in [-0.3, -0.25) is 14.9 Å². The highest BCUT2D eigenvalue weighted by atomic mass is 19.1. The van der Waals surface area contributed by atoms with Crippen LogP contribution >= 0.6 is 0 Å². The lowest BCUT2D eigenvalue weighted by molar-refractivity contribution is -0.384. The van der Waals surface area contributed by atoms with E-state index in [-0.39, 0.29) is 17.8 Å². The molecule has 24 heavy (non-hydrogen) atoms. The first kappa shape index (κ1) is 17.4. The fourth-order valence-electron chi connectivity index (χ4n) is 2.06. The number of amides is 1. The van der Waals surface area contributed by atoms with Crippen molar-refractivity contribution in [1.82, 2.24) is 0 Å². The van der Waals surface area contributed by atoms with Crippen LogP contribution < -0.4 is 10.1 Å². The van der Waals surface area contributed by atoms with E-state index < -0.39 is 16.6 Å². The molecule has 2 aromatic rings. The molecular weight excluding hydrogens is 315 g/mol. The molecule has 6 nitrogen and oxygen atoms in total. The van der Waals surface area contributed by atoms with E-state index in [1.807, 2.05) is 6.92 Å². The van der Waals surface area contributed by atoms with Gasteiger partial charge in [0, 0.05) is 0 Å². The Labute approximate surface area is 138 Å². The number of ether oxygens (including phenoxy) is 1. The predicted octanol–water partition coefficient (Wildman–Crippen LogP) is 3.70. The molecule has 0 saturated heterocycles. The number of rotatable bonds is 7. The number of hydrogen-bond acceptors (Lipinski definition) is 4. The molecule has 0 aliphatic rings. The number of nitro groups is 1. The second-order valence-corrected chi connectivity index (χ2v) is 5.14. The largest absolute Gasteiger partial charge is 0.493 e.